The predicted molar refractivity (Wildman–Crippen MR) is 158 cm³/mol. The molecule has 0 aromatic rings. The standard InChI is InChI=1S/C26H45N9O10/c1-10(27)19(38)29-12(3)21(40)31-14(5)23(42)33-16(7)25(44)35-17(8)26(45)34-15(6)24(43)32-13(4)22(41)30-11(2)20(39)28-9-18(36)37/h10-17H,9,27H2,1-8H3,(H,28,39)(H,29,38)(H,30,41)(H,31,40)(H,32,43)(H,33,42)(H,34,45)(H,35,44)(H,36,37)/t10-,11-,12-,13-,14-,15-,16-,17-/m0/s1. The molecular formula is C26H45N9O10. The molecule has 0 rings (SSSR count). The van der Waals surface area contributed by atoms with E-state index in [9.17, 15) is 43.2 Å². The minimum atomic E-state index is -1.26. The van der Waals surface area contributed by atoms with E-state index in [1.807, 2.05) is 0 Å². The topological polar surface area (TPSA) is 296 Å². The van der Waals surface area contributed by atoms with Crippen molar-refractivity contribution in [3.63, 3.8) is 0 Å². The van der Waals surface area contributed by atoms with E-state index in [1.54, 1.807) is 0 Å². The molecule has 0 bridgehead atoms. The molecule has 0 heterocycles. The van der Waals surface area contributed by atoms with Gasteiger partial charge in [0.25, 0.3) is 0 Å². The first-order chi connectivity index (χ1) is 20.7. The second kappa shape index (κ2) is 18.8. The van der Waals surface area contributed by atoms with Crippen molar-refractivity contribution in [2.75, 3.05) is 6.54 Å². The lowest BCUT2D eigenvalue weighted by molar-refractivity contribution is -0.138. The van der Waals surface area contributed by atoms with E-state index in [4.69, 9.17) is 10.8 Å². The van der Waals surface area contributed by atoms with Crippen LogP contribution in [0.3, 0.4) is 0 Å². The van der Waals surface area contributed by atoms with Crippen LogP contribution in [0.25, 0.3) is 0 Å². The zero-order valence-corrected chi connectivity index (χ0v) is 26.5. The van der Waals surface area contributed by atoms with Crippen LogP contribution in [0.5, 0.6) is 0 Å². The van der Waals surface area contributed by atoms with Gasteiger partial charge in [0, 0.05) is 0 Å². The van der Waals surface area contributed by atoms with E-state index >= 15 is 0 Å². The summed E-state index contributed by atoms with van der Waals surface area (Å²) in [6.45, 7) is 10.2. The van der Waals surface area contributed by atoms with Gasteiger partial charge in [0.1, 0.15) is 48.8 Å². The lowest BCUT2D eigenvalue weighted by Crippen LogP contribution is -2.58. The smallest absolute Gasteiger partial charge is 0.322 e. The number of hydrogen-bond donors (Lipinski definition) is 10. The van der Waals surface area contributed by atoms with Crippen LogP contribution < -0.4 is 48.3 Å². The number of rotatable bonds is 17. The summed E-state index contributed by atoms with van der Waals surface area (Å²) >= 11 is 0. The fourth-order valence-corrected chi connectivity index (χ4v) is 3.15. The highest BCUT2D eigenvalue weighted by Gasteiger charge is 2.28. The Bertz CT molecular complexity index is 1150. The van der Waals surface area contributed by atoms with E-state index in [0.29, 0.717) is 0 Å². The van der Waals surface area contributed by atoms with Gasteiger partial charge in [0.15, 0.2) is 0 Å². The van der Waals surface area contributed by atoms with E-state index in [1.165, 1.54) is 55.4 Å². The van der Waals surface area contributed by atoms with Crippen molar-refractivity contribution in [3.05, 3.63) is 0 Å². The molecule has 0 aliphatic rings. The average Bonchev–Trinajstić information content (AvgIpc) is 2.94. The van der Waals surface area contributed by atoms with E-state index in [-0.39, 0.29) is 0 Å². The third kappa shape index (κ3) is 15.0. The molecule has 0 unspecified atom stereocenters. The summed E-state index contributed by atoms with van der Waals surface area (Å²) < 4.78 is 0. The van der Waals surface area contributed by atoms with Gasteiger partial charge in [0.05, 0.1) is 6.04 Å². The van der Waals surface area contributed by atoms with Gasteiger partial charge in [-0.15, -0.1) is 0 Å². The van der Waals surface area contributed by atoms with Gasteiger partial charge >= 0.3 is 5.97 Å². The molecule has 0 aliphatic carbocycles. The molecule has 0 saturated heterocycles. The summed E-state index contributed by atoms with van der Waals surface area (Å²) in [5.41, 5.74) is 5.44. The summed E-state index contributed by atoms with van der Waals surface area (Å²) in [6.07, 6.45) is 0. The molecule has 19 heteroatoms. The van der Waals surface area contributed by atoms with Crippen molar-refractivity contribution in [1.82, 2.24) is 42.5 Å². The molecule has 8 atom stereocenters. The Morgan fingerprint density at radius 2 is 0.622 bits per heavy atom. The van der Waals surface area contributed by atoms with Gasteiger partial charge in [0.2, 0.25) is 47.3 Å². The Labute approximate surface area is 260 Å². The number of aliphatic carboxylic acids is 1. The quantitative estimate of drug-likeness (QED) is 0.0716. The second-order valence-corrected chi connectivity index (χ2v) is 10.5. The lowest BCUT2D eigenvalue weighted by Gasteiger charge is -2.23. The van der Waals surface area contributed by atoms with Gasteiger partial charge in [-0.2, -0.15) is 0 Å². The number of carboxylic acids is 1. The maximum Gasteiger partial charge on any atom is 0.322 e. The van der Waals surface area contributed by atoms with Crippen LogP contribution in [0, 0.1) is 0 Å². The van der Waals surface area contributed by atoms with E-state index in [0.717, 1.165) is 0 Å². The van der Waals surface area contributed by atoms with Crippen LogP contribution in [0.4, 0.5) is 0 Å². The van der Waals surface area contributed by atoms with Crippen molar-refractivity contribution < 1.29 is 48.3 Å². The van der Waals surface area contributed by atoms with Crippen LogP contribution >= 0.6 is 0 Å². The van der Waals surface area contributed by atoms with Crippen molar-refractivity contribution in [2.24, 2.45) is 5.73 Å². The third-order valence-electron chi connectivity index (χ3n) is 6.09. The van der Waals surface area contributed by atoms with Crippen molar-refractivity contribution in [2.45, 2.75) is 104 Å². The SMILES string of the molecule is C[C@H](N)C(=O)N[C@@H](C)C(=O)N[C@@H](C)C(=O)N[C@@H](C)C(=O)N[C@@H](C)C(=O)N[C@@H](C)C(=O)N[C@@H](C)C(=O)N[C@@H](C)C(=O)NCC(=O)O. The molecule has 0 spiro atoms. The predicted octanol–water partition coefficient (Wildman–Crippen LogP) is -4.93. The molecule has 45 heavy (non-hydrogen) atoms. The van der Waals surface area contributed by atoms with Crippen LogP contribution in [-0.4, -0.2) is 113 Å². The van der Waals surface area contributed by atoms with Crippen LogP contribution in [0.2, 0.25) is 0 Å². The number of carbonyl (C=O) groups excluding carboxylic acids is 8. The van der Waals surface area contributed by atoms with Crippen molar-refractivity contribution in [1.29, 1.82) is 0 Å². The average molecular weight is 644 g/mol. The maximum atomic E-state index is 12.6. The molecule has 0 aliphatic heterocycles. The largest absolute Gasteiger partial charge is 0.480 e. The number of nitrogens with two attached hydrogens (primary N) is 1. The molecule has 0 fully saturated rings. The Morgan fingerprint density at radius 3 is 0.822 bits per heavy atom. The molecule has 0 aromatic carbocycles. The number of nitrogens with one attached hydrogen (secondary N) is 8. The van der Waals surface area contributed by atoms with Crippen LogP contribution in [0.1, 0.15) is 55.4 Å². The molecule has 11 N–H and O–H groups in total. The van der Waals surface area contributed by atoms with Crippen molar-refractivity contribution in [3.8, 4) is 0 Å². The highest BCUT2D eigenvalue weighted by molar-refractivity contribution is 5.97. The minimum Gasteiger partial charge on any atom is -0.480 e. The van der Waals surface area contributed by atoms with Crippen LogP contribution in [-0.2, 0) is 43.2 Å². The summed E-state index contributed by atoms with van der Waals surface area (Å²) in [7, 11) is 0. The second-order valence-electron chi connectivity index (χ2n) is 10.5. The number of amides is 8. The van der Waals surface area contributed by atoms with E-state index in [2.05, 4.69) is 42.5 Å². The zero-order chi connectivity index (χ0) is 35.2. The summed E-state index contributed by atoms with van der Waals surface area (Å²) in [5, 5.41) is 27.3. The van der Waals surface area contributed by atoms with E-state index < -0.39 is 108 Å². The fraction of sp³-hybridized carbons (Fsp3) is 0.654. The first-order valence-corrected chi connectivity index (χ1v) is 14.1. The lowest BCUT2D eigenvalue weighted by atomic mass is 10.2. The Hall–Kier alpha value is -4.81. The highest BCUT2D eigenvalue weighted by atomic mass is 16.4. The fourth-order valence-electron chi connectivity index (χ4n) is 3.15. The molecule has 19 nitrogen and oxygen atoms in total. The number of hydrogen-bond acceptors (Lipinski definition) is 10. The Kier molecular flexibility index (Phi) is 16.8. The molecule has 0 radical (unpaired) electrons. The van der Waals surface area contributed by atoms with Gasteiger partial charge in [-0.1, -0.05) is 0 Å². The highest BCUT2D eigenvalue weighted by Crippen LogP contribution is 1.95. The first-order valence-electron chi connectivity index (χ1n) is 14.1. The summed E-state index contributed by atoms with van der Waals surface area (Å²) in [6, 6.07) is -8.53. The number of carboxylic acid groups (broad SMARTS) is 1. The molecule has 8 amide bonds. The monoisotopic (exact) mass is 643 g/mol. The van der Waals surface area contributed by atoms with Crippen molar-refractivity contribution >= 4 is 53.2 Å². The number of carbonyl (C=O) groups is 9. The summed E-state index contributed by atoms with van der Waals surface area (Å²) in [5.74, 6) is -6.93. The summed E-state index contributed by atoms with van der Waals surface area (Å²) in [4.78, 5) is 109. The Morgan fingerprint density at radius 1 is 0.422 bits per heavy atom. The van der Waals surface area contributed by atoms with Crippen LogP contribution in [0.15, 0.2) is 0 Å². The van der Waals surface area contributed by atoms with Gasteiger partial charge < -0.3 is 53.4 Å². The molecule has 254 valence electrons. The molecule has 0 aromatic heterocycles. The third-order valence-corrected chi connectivity index (χ3v) is 6.09. The normalized spacial score (nSPS) is 15.9. The maximum absolute atomic E-state index is 12.6. The van der Waals surface area contributed by atoms with Gasteiger partial charge in [-0.05, 0) is 55.4 Å². The Balaban J connectivity index is 4.78. The molecular weight excluding hydrogens is 598 g/mol. The molecule has 0 saturated carbocycles. The van der Waals surface area contributed by atoms with Gasteiger partial charge in [-0.3, -0.25) is 43.2 Å². The minimum absolute atomic E-state index is 0.556. The van der Waals surface area contributed by atoms with Gasteiger partial charge in [-0.25, -0.2) is 0 Å². The zero-order valence-electron chi connectivity index (χ0n) is 26.5. The first kappa shape index (κ1) is 40.2.